The van der Waals surface area contributed by atoms with Crippen LogP contribution in [0.15, 0.2) is 0 Å². The van der Waals surface area contributed by atoms with Crippen molar-refractivity contribution >= 4 is 17.4 Å². The van der Waals surface area contributed by atoms with Gasteiger partial charge in [-0.3, -0.25) is 0 Å². The summed E-state index contributed by atoms with van der Waals surface area (Å²) < 4.78 is 0. The molecule has 1 radical (unpaired) electrons. The summed E-state index contributed by atoms with van der Waals surface area (Å²) >= 11 is 0. The molecule has 4 heavy (non-hydrogen) atoms. The van der Waals surface area contributed by atoms with Gasteiger partial charge in [0.05, 0.1) is 0 Å². The molecule has 0 aromatic heterocycles. The van der Waals surface area contributed by atoms with E-state index in [2.05, 4.69) is 0 Å². The maximum Gasteiger partial charge on any atom is 0.187 e. The molecule has 0 N–H and O–H groups in total. The monoisotopic (exact) mass is 325 g/mol. The summed E-state index contributed by atoms with van der Waals surface area (Å²) in [7, 11) is 0. The second-order valence-corrected chi connectivity index (χ2v) is 0. The van der Waals surface area contributed by atoms with Crippen LogP contribution in [0.25, 0.3) is 0 Å². The van der Waals surface area contributed by atoms with Gasteiger partial charge in [-0.1, -0.05) is 0 Å². The van der Waals surface area contributed by atoms with E-state index in [1.807, 2.05) is 0 Å². The van der Waals surface area contributed by atoms with Crippen molar-refractivity contribution in [3.8, 4) is 0 Å². The summed E-state index contributed by atoms with van der Waals surface area (Å²) in [6.07, 6.45) is 0. The first-order valence-corrected chi connectivity index (χ1v) is 0. The Morgan fingerprint density at radius 1 is 1.00 bits per heavy atom. The van der Waals surface area contributed by atoms with E-state index in [0.717, 1.165) is 0 Å². The summed E-state index contributed by atoms with van der Waals surface area (Å²) in [6.45, 7) is 0. The van der Waals surface area contributed by atoms with Crippen molar-refractivity contribution in [3.63, 3.8) is 0 Å². The van der Waals surface area contributed by atoms with Gasteiger partial charge in [0, 0.05) is 59.9 Å². The Balaban J connectivity index is 0. The van der Waals surface area contributed by atoms with Crippen LogP contribution in [0.3, 0.4) is 0 Å². The third kappa shape index (κ3) is 8.82. The molecule has 0 aliphatic heterocycles. The van der Waals surface area contributed by atoms with Gasteiger partial charge in [-0.25, -0.2) is 0 Å². The van der Waals surface area contributed by atoms with Crippen molar-refractivity contribution in [1.82, 2.24) is 0 Å². The van der Waals surface area contributed by atoms with Gasteiger partial charge in [0.25, 0.3) is 0 Å². The second kappa shape index (κ2) is 18.0. The predicted octanol–water partition coefficient (Wildman–Crippen LogP) is -1.19. The maximum absolute atomic E-state index is 0. The molecule has 27 valence electrons. The Morgan fingerprint density at radius 3 is 1.00 bits per heavy atom. The SMILES string of the molecule is [AlH3].[Cu].[Ti].[W]. The molecule has 0 heterocycles. The van der Waals surface area contributed by atoms with Gasteiger partial charge >= 0.3 is 0 Å². The minimum atomic E-state index is 0. The fraction of sp³-hybridized carbons (Fsp3) is 0. The topological polar surface area (TPSA) is 0 Å². The minimum absolute atomic E-state index is 0. The third-order valence-electron chi connectivity index (χ3n) is 0. The Morgan fingerprint density at radius 2 is 1.00 bits per heavy atom. The summed E-state index contributed by atoms with van der Waals surface area (Å²) in [5.74, 6) is 0. The zero-order chi connectivity index (χ0) is 0. The van der Waals surface area contributed by atoms with E-state index in [1.54, 1.807) is 0 Å². The van der Waals surface area contributed by atoms with Gasteiger partial charge in [0.1, 0.15) is 0 Å². The van der Waals surface area contributed by atoms with Crippen LogP contribution >= 0.6 is 0 Å². The molecule has 0 saturated heterocycles. The van der Waals surface area contributed by atoms with E-state index in [9.17, 15) is 0 Å². The Labute approximate surface area is 76.2 Å². The van der Waals surface area contributed by atoms with E-state index in [-0.39, 0.29) is 77.2 Å². The average Bonchev–Trinajstić information content (AvgIpc) is 0. The fourth-order valence-electron chi connectivity index (χ4n) is 0. The molecule has 0 aliphatic rings. The van der Waals surface area contributed by atoms with Crippen LogP contribution in [-0.4, -0.2) is 17.4 Å². The predicted molar refractivity (Wildman–Crippen MR) is 9.94 cm³/mol. The van der Waals surface area contributed by atoms with Crippen LogP contribution < -0.4 is 0 Å². The molecule has 4 heteroatoms. The van der Waals surface area contributed by atoms with Crippen LogP contribution in [0.5, 0.6) is 0 Å². The van der Waals surface area contributed by atoms with Crippen LogP contribution in [0.2, 0.25) is 0 Å². The van der Waals surface area contributed by atoms with Crippen molar-refractivity contribution in [2.75, 3.05) is 0 Å². The summed E-state index contributed by atoms with van der Waals surface area (Å²) in [4.78, 5) is 0. The summed E-state index contributed by atoms with van der Waals surface area (Å²) in [5, 5.41) is 0. The molecule has 0 rings (SSSR count). The zero-order valence-electron chi connectivity index (χ0n) is 1.21. The van der Waals surface area contributed by atoms with Crippen LogP contribution in [-0.2, 0) is 59.9 Å². The molecular formula is H3AlCuTiW. The van der Waals surface area contributed by atoms with Crippen molar-refractivity contribution in [1.29, 1.82) is 0 Å². The quantitative estimate of drug-likeness (QED) is 0.492. The molecule has 0 atom stereocenters. The smallest absolute Gasteiger partial charge is 0 e. The van der Waals surface area contributed by atoms with E-state index in [4.69, 9.17) is 0 Å². The average molecular weight is 325 g/mol. The number of hydrogen-bond acceptors (Lipinski definition) is 0. The van der Waals surface area contributed by atoms with E-state index in [0.29, 0.717) is 0 Å². The van der Waals surface area contributed by atoms with E-state index >= 15 is 0 Å². The summed E-state index contributed by atoms with van der Waals surface area (Å²) in [5.41, 5.74) is 0. The van der Waals surface area contributed by atoms with Crippen molar-refractivity contribution < 1.29 is 59.9 Å². The Hall–Kier alpha value is 2.45. The molecule has 0 bridgehead atoms. The van der Waals surface area contributed by atoms with Crippen LogP contribution in [0, 0.1) is 0 Å². The fourth-order valence-corrected chi connectivity index (χ4v) is 0. The molecule has 0 saturated carbocycles. The second-order valence-electron chi connectivity index (χ2n) is 0. The Bertz CT molecular complexity index is 8.00. The molecule has 0 aromatic carbocycles. The first-order valence-electron chi connectivity index (χ1n) is 0. The zero-order valence-corrected chi connectivity index (χ0v) is 6.65. The van der Waals surface area contributed by atoms with Gasteiger partial charge < -0.3 is 0 Å². The number of hydrogen-bond donors (Lipinski definition) is 0. The normalized spacial score (nSPS) is 0. The first kappa shape index (κ1) is 31.9. The van der Waals surface area contributed by atoms with Crippen LogP contribution in [0.1, 0.15) is 0 Å². The number of rotatable bonds is 0. The Kier molecular flexibility index (Phi) is 143. The molecule has 0 fully saturated rings. The van der Waals surface area contributed by atoms with Crippen molar-refractivity contribution in [2.45, 2.75) is 0 Å². The minimum Gasteiger partial charge on any atom is 0 e. The van der Waals surface area contributed by atoms with Gasteiger partial charge in [0.2, 0.25) is 0 Å². The molecule has 0 nitrogen and oxygen atoms in total. The largest absolute Gasteiger partial charge is 0.187 e. The molecular weight excluding hydrogens is 322 g/mol. The summed E-state index contributed by atoms with van der Waals surface area (Å²) in [6, 6.07) is 0. The standard InChI is InChI=1S/Al.Cu.Ti.W.3H. The van der Waals surface area contributed by atoms with E-state index < -0.39 is 0 Å². The molecule has 0 aliphatic carbocycles. The van der Waals surface area contributed by atoms with Crippen molar-refractivity contribution in [2.24, 2.45) is 0 Å². The molecule has 0 amide bonds. The molecule has 0 spiro atoms. The van der Waals surface area contributed by atoms with Gasteiger partial charge in [-0.05, 0) is 0 Å². The van der Waals surface area contributed by atoms with Gasteiger partial charge in [-0.15, -0.1) is 0 Å². The van der Waals surface area contributed by atoms with Crippen LogP contribution in [0.4, 0.5) is 0 Å². The van der Waals surface area contributed by atoms with Crippen molar-refractivity contribution in [3.05, 3.63) is 0 Å². The van der Waals surface area contributed by atoms with Gasteiger partial charge in [-0.2, -0.15) is 0 Å². The maximum atomic E-state index is 0. The molecule has 0 aromatic rings. The van der Waals surface area contributed by atoms with Gasteiger partial charge in [0.15, 0.2) is 17.4 Å². The molecule has 0 unspecified atom stereocenters. The first-order chi connectivity index (χ1) is 0. The van der Waals surface area contributed by atoms with E-state index in [1.165, 1.54) is 0 Å². The third-order valence-corrected chi connectivity index (χ3v) is 0.